The molecule has 1 amide bonds. The van der Waals surface area contributed by atoms with Gasteiger partial charge in [-0.05, 0) is 36.8 Å². The minimum absolute atomic E-state index is 0.0297. The van der Waals surface area contributed by atoms with E-state index in [0.717, 1.165) is 0 Å². The van der Waals surface area contributed by atoms with Crippen molar-refractivity contribution < 1.29 is 24.2 Å². The van der Waals surface area contributed by atoms with Gasteiger partial charge in [-0.3, -0.25) is 9.59 Å². The molecule has 0 radical (unpaired) electrons. The molecule has 1 saturated heterocycles. The van der Waals surface area contributed by atoms with Crippen LogP contribution < -0.4 is 4.74 Å². The number of aliphatic hydroxyl groups is 1. The van der Waals surface area contributed by atoms with Crippen LogP contribution in [0.1, 0.15) is 24.1 Å². The molecule has 0 bridgehead atoms. The minimum atomic E-state index is -0.738. The zero-order valence-electron chi connectivity index (χ0n) is 16.2. The molecular formula is C22H22ClNO5. The molecule has 0 aliphatic carbocycles. The number of rotatable bonds is 7. The van der Waals surface area contributed by atoms with E-state index in [1.165, 1.54) is 12.0 Å². The van der Waals surface area contributed by atoms with Gasteiger partial charge in [0, 0.05) is 24.2 Å². The number of ether oxygens (including phenoxy) is 2. The molecule has 0 spiro atoms. The van der Waals surface area contributed by atoms with Gasteiger partial charge in [-0.15, -0.1) is 0 Å². The second-order valence-corrected chi connectivity index (χ2v) is 6.93. The molecule has 3 rings (SSSR count). The van der Waals surface area contributed by atoms with E-state index in [1.54, 1.807) is 48.5 Å². The van der Waals surface area contributed by atoms with Gasteiger partial charge in [-0.1, -0.05) is 35.9 Å². The third-order valence-corrected chi connectivity index (χ3v) is 4.93. The zero-order chi connectivity index (χ0) is 21.0. The summed E-state index contributed by atoms with van der Waals surface area (Å²) in [6.45, 7) is 2.80. The van der Waals surface area contributed by atoms with Gasteiger partial charge in [0.15, 0.2) is 0 Å². The number of hydrogen-bond donors (Lipinski definition) is 1. The number of methoxy groups -OCH3 is 1. The maximum absolute atomic E-state index is 12.8. The van der Waals surface area contributed by atoms with E-state index in [9.17, 15) is 14.7 Å². The molecule has 7 heteroatoms. The molecule has 29 heavy (non-hydrogen) atoms. The monoisotopic (exact) mass is 415 g/mol. The largest absolute Gasteiger partial charge is 0.507 e. The predicted octanol–water partition coefficient (Wildman–Crippen LogP) is 3.81. The first-order chi connectivity index (χ1) is 14.0. The lowest BCUT2D eigenvalue weighted by atomic mass is 9.95. The van der Waals surface area contributed by atoms with Crippen LogP contribution in [0.2, 0.25) is 5.02 Å². The third kappa shape index (κ3) is 4.28. The molecule has 1 fully saturated rings. The number of nitrogens with zero attached hydrogens (tertiary/aromatic N) is 1. The quantitative estimate of drug-likeness (QED) is 0.423. The van der Waals surface area contributed by atoms with E-state index in [0.29, 0.717) is 28.5 Å². The Labute approximate surface area is 174 Å². The lowest BCUT2D eigenvalue weighted by Gasteiger charge is -2.25. The Morgan fingerprint density at radius 3 is 2.55 bits per heavy atom. The van der Waals surface area contributed by atoms with Gasteiger partial charge in [0.05, 0.1) is 24.8 Å². The van der Waals surface area contributed by atoms with E-state index < -0.39 is 17.7 Å². The smallest absolute Gasteiger partial charge is 0.295 e. The van der Waals surface area contributed by atoms with Crippen molar-refractivity contribution in [3.05, 3.63) is 70.3 Å². The number of amides is 1. The predicted molar refractivity (Wildman–Crippen MR) is 110 cm³/mol. The SMILES string of the molecule is CCOc1cccc(/C(O)=C2\C(=O)C(=O)N(CCOC)C2c2ccc(Cl)cc2)c1. The van der Waals surface area contributed by atoms with Crippen LogP contribution >= 0.6 is 11.6 Å². The first-order valence-corrected chi connectivity index (χ1v) is 9.61. The van der Waals surface area contributed by atoms with Gasteiger partial charge in [0.25, 0.3) is 11.7 Å². The molecule has 1 heterocycles. The summed E-state index contributed by atoms with van der Waals surface area (Å²) in [5.41, 5.74) is 1.11. The Morgan fingerprint density at radius 1 is 1.17 bits per heavy atom. The van der Waals surface area contributed by atoms with Crippen LogP contribution in [0.15, 0.2) is 54.1 Å². The Kier molecular flexibility index (Phi) is 6.56. The summed E-state index contributed by atoms with van der Waals surface area (Å²) in [6, 6.07) is 12.9. The molecule has 0 aromatic heterocycles. The number of hydrogen-bond acceptors (Lipinski definition) is 5. The summed E-state index contributed by atoms with van der Waals surface area (Å²) in [5, 5.41) is 11.5. The lowest BCUT2D eigenvalue weighted by Crippen LogP contribution is -2.32. The number of carbonyl (C=O) groups excluding carboxylic acids is 2. The highest BCUT2D eigenvalue weighted by Crippen LogP contribution is 2.39. The Hall–Kier alpha value is -2.83. The van der Waals surface area contributed by atoms with Gasteiger partial charge in [0.1, 0.15) is 11.5 Å². The van der Waals surface area contributed by atoms with Crippen LogP contribution in [0.5, 0.6) is 5.75 Å². The molecule has 1 atom stereocenters. The average Bonchev–Trinajstić information content (AvgIpc) is 2.97. The van der Waals surface area contributed by atoms with Gasteiger partial charge in [-0.2, -0.15) is 0 Å². The number of benzene rings is 2. The highest BCUT2D eigenvalue weighted by Gasteiger charge is 2.45. The number of likely N-dealkylation sites (tertiary alicyclic amines) is 1. The van der Waals surface area contributed by atoms with Crippen molar-refractivity contribution in [1.29, 1.82) is 0 Å². The van der Waals surface area contributed by atoms with E-state index in [4.69, 9.17) is 21.1 Å². The summed E-state index contributed by atoms with van der Waals surface area (Å²) < 4.78 is 10.6. The van der Waals surface area contributed by atoms with Gasteiger partial charge < -0.3 is 19.5 Å². The van der Waals surface area contributed by atoms with Crippen molar-refractivity contribution in [2.45, 2.75) is 13.0 Å². The van der Waals surface area contributed by atoms with Crippen LogP contribution in [0.25, 0.3) is 5.76 Å². The van der Waals surface area contributed by atoms with Crippen molar-refractivity contribution in [3.8, 4) is 5.75 Å². The minimum Gasteiger partial charge on any atom is -0.507 e. The highest BCUT2D eigenvalue weighted by molar-refractivity contribution is 6.46. The topological polar surface area (TPSA) is 76.1 Å². The normalized spacial score (nSPS) is 18.3. The molecule has 1 aliphatic rings. The fourth-order valence-corrected chi connectivity index (χ4v) is 3.47. The molecule has 2 aromatic rings. The zero-order valence-corrected chi connectivity index (χ0v) is 17.0. The van der Waals surface area contributed by atoms with E-state index in [2.05, 4.69) is 0 Å². The van der Waals surface area contributed by atoms with Crippen molar-refractivity contribution in [1.82, 2.24) is 4.90 Å². The fourth-order valence-electron chi connectivity index (χ4n) is 3.35. The molecule has 0 saturated carbocycles. The van der Waals surface area contributed by atoms with Gasteiger partial charge >= 0.3 is 0 Å². The summed E-state index contributed by atoms with van der Waals surface area (Å²) in [4.78, 5) is 27.0. The maximum atomic E-state index is 12.8. The third-order valence-electron chi connectivity index (χ3n) is 4.68. The van der Waals surface area contributed by atoms with Crippen LogP contribution in [0, 0.1) is 0 Å². The van der Waals surface area contributed by atoms with Crippen LogP contribution in [-0.4, -0.2) is 48.6 Å². The number of Topliss-reactive ketones (excluding diaryl/α,β-unsaturated/α-hetero) is 1. The number of halogens is 1. The molecule has 1 unspecified atom stereocenters. The first-order valence-electron chi connectivity index (χ1n) is 9.24. The van der Waals surface area contributed by atoms with Crippen LogP contribution in [0.3, 0.4) is 0 Å². The second kappa shape index (κ2) is 9.11. The summed E-state index contributed by atoms with van der Waals surface area (Å²) in [5.74, 6) is -1.09. The van der Waals surface area contributed by atoms with Crippen molar-refractivity contribution in [2.24, 2.45) is 0 Å². The summed E-state index contributed by atoms with van der Waals surface area (Å²) in [7, 11) is 1.52. The number of aliphatic hydroxyl groups excluding tert-OH is 1. The van der Waals surface area contributed by atoms with Crippen LogP contribution in [-0.2, 0) is 14.3 Å². The molecule has 1 aliphatic heterocycles. The molecule has 152 valence electrons. The second-order valence-electron chi connectivity index (χ2n) is 6.50. The Bertz CT molecular complexity index is 938. The summed E-state index contributed by atoms with van der Waals surface area (Å²) >= 11 is 5.99. The van der Waals surface area contributed by atoms with E-state index >= 15 is 0 Å². The average molecular weight is 416 g/mol. The van der Waals surface area contributed by atoms with Crippen molar-refractivity contribution in [2.75, 3.05) is 26.9 Å². The lowest BCUT2D eigenvalue weighted by molar-refractivity contribution is -0.140. The van der Waals surface area contributed by atoms with E-state index in [1.807, 2.05) is 6.92 Å². The standard InChI is InChI=1S/C22H22ClNO5/c1-3-29-17-6-4-5-15(13-17)20(25)18-19(14-7-9-16(23)10-8-14)24(11-12-28-2)22(27)21(18)26/h4-10,13,19,25H,3,11-12H2,1-2H3/b20-18+. The Morgan fingerprint density at radius 2 is 1.90 bits per heavy atom. The maximum Gasteiger partial charge on any atom is 0.295 e. The van der Waals surface area contributed by atoms with E-state index in [-0.39, 0.29) is 24.5 Å². The molecule has 2 aromatic carbocycles. The fraction of sp³-hybridized carbons (Fsp3) is 0.273. The number of ketones is 1. The summed E-state index contributed by atoms with van der Waals surface area (Å²) in [6.07, 6.45) is 0. The van der Waals surface area contributed by atoms with Gasteiger partial charge in [0.2, 0.25) is 0 Å². The van der Waals surface area contributed by atoms with Gasteiger partial charge in [-0.25, -0.2) is 0 Å². The van der Waals surface area contributed by atoms with Crippen LogP contribution in [0.4, 0.5) is 0 Å². The molecular weight excluding hydrogens is 394 g/mol. The van der Waals surface area contributed by atoms with Crippen molar-refractivity contribution >= 4 is 29.1 Å². The number of carbonyl (C=O) groups is 2. The first kappa shape index (κ1) is 20.9. The Balaban J connectivity index is 2.13. The highest BCUT2D eigenvalue weighted by atomic mass is 35.5. The van der Waals surface area contributed by atoms with Crippen molar-refractivity contribution in [3.63, 3.8) is 0 Å². The molecule has 1 N–H and O–H groups in total. The molecule has 6 nitrogen and oxygen atoms in total.